The van der Waals surface area contributed by atoms with E-state index < -0.39 is 36.1 Å². The van der Waals surface area contributed by atoms with Crippen LogP contribution in [0.5, 0.6) is 0 Å². The monoisotopic (exact) mass is 405 g/mol. The fourth-order valence-corrected chi connectivity index (χ4v) is 3.28. The van der Waals surface area contributed by atoms with Crippen molar-refractivity contribution >= 4 is 5.91 Å². The van der Waals surface area contributed by atoms with E-state index in [4.69, 9.17) is 0 Å². The van der Waals surface area contributed by atoms with Crippen LogP contribution in [0.2, 0.25) is 0 Å². The molecule has 1 aliphatic rings. The highest BCUT2D eigenvalue weighted by molar-refractivity contribution is 5.75. The molecular weight excluding hydrogens is 388 g/mol. The van der Waals surface area contributed by atoms with Gasteiger partial charge >= 0.3 is 12.4 Å². The van der Waals surface area contributed by atoms with Gasteiger partial charge in [0.25, 0.3) is 0 Å². The first kappa shape index (κ1) is 20.2. The summed E-state index contributed by atoms with van der Waals surface area (Å²) in [4.78, 5) is 12.1. The summed E-state index contributed by atoms with van der Waals surface area (Å²) in [5.41, 5.74) is -1.04. The lowest BCUT2D eigenvalue weighted by molar-refractivity contribution is -0.142. The third-order valence-electron chi connectivity index (χ3n) is 4.56. The lowest BCUT2D eigenvalue weighted by atomic mass is 9.95. The van der Waals surface area contributed by atoms with Crippen molar-refractivity contribution in [3.05, 3.63) is 52.3 Å². The van der Waals surface area contributed by atoms with Crippen LogP contribution in [0.3, 0.4) is 0 Å². The average molecular weight is 405 g/mol. The van der Waals surface area contributed by atoms with Crippen LogP contribution in [-0.4, -0.2) is 15.7 Å². The van der Waals surface area contributed by atoms with E-state index in [1.165, 1.54) is 12.1 Å². The molecule has 10 heteroatoms. The van der Waals surface area contributed by atoms with Crippen molar-refractivity contribution in [2.45, 2.75) is 51.1 Å². The van der Waals surface area contributed by atoms with Gasteiger partial charge in [0.15, 0.2) is 5.69 Å². The van der Waals surface area contributed by atoms with E-state index in [0.717, 1.165) is 16.8 Å². The minimum atomic E-state index is -4.60. The van der Waals surface area contributed by atoms with Crippen LogP contribution in [0.15, 0.2) is 24.3 Å². The molecule has 3 rings (SSSR count). The van der Waals surface area contributed by atoms with Crippen molar-refractivity contribution in [3.63, 3.8) is 0 Å². The zero-order valence-corrected chi connectivity index (χ0v) is 14.6. The second kappa shape index (κ2) is 7.48. The zero-order chi connectivity index (χ0) is 20.5. The van der Waals surface area contributed by atoms with Gasteiger partial charge < -0.3 is 5.32 Å². The summed E-state index contributed by atoms with van der Waals surface area (Å²) in [5.74, 6) is -0.623. The van der Waals surface area contributed by atoms with Crippen molar-refractivity contribution in [2.75, 3.05) is 0 Å². The largest absolute Gasteiger partial charge is 0.435 e. The molecule has 0 radical (unpaired) electrons. The minimum Gasteiger partial charge on any atom is -0.350 e. The topological polar surface area (TPSA) is 46.9 Å². The molecular formula is C18H17F6N3O. The number of carbonyl (C=O) groups is 1. The average Bonchev–Trinajstić information content (AvgIpc) is 2.99. The lowest BCUT2D eigenvalue weighted by Crippen LogP contribution is -2.28. The fourth-order valence-electron chi connectivity index (χ4n) is 3.28. The van der Waals surface area contributed by atoms with E-state index in [1.807, 2.05) is 0 Å². The smallest absolute Gasteiger partial charge is 0.350 e. The van der Waals surface area contributed by atoms with Crippen LogP contribution in [0.1, 0.15) is 40.9 Å². The molecule has 0 atom stereocenters. The predicted molar refractivity (Wildman–Crippen MR) is 87.2 cm³/mol. The van der Waals surface area contributed by atoms with Crippen molar-refractivity contribution < 1.29 is 31.1 Å². The van der Waals surface area contributed by atoms with Gasteiger partial charge in [-0.3, -0.25) is 9.48 Å². The lowest BCUT2D eigenvalue weighted by Gasteiger charge is -2.15. The molecule has 1 aliphatic carbocycles. The van der Waals surface area contributed by atoms with Crippen LogP contribution < -0.4 is 5.32 Å². The number of hydrogen-bond donors (Lipinski definition) is 1. The molecule has 28 heavy (non-hydrogen) atoms. The fraction of sp³-hybridized carbons (Fsp3) is 0.444. The van der Waals surface area contributed by atoms with Crippen molar-refractivity contribution in [1.82, 2.24) is 15.1 Å². The van der Waals surface area contributed by atoms with Crippen LogP contribution in [-0.2, 0) is 43.1 Å². The third-order valence-corrected chi connectivity index (χ3v) is 4.56. The van der Waals surface area contributed by atoms with E-state index in [0.29, 0.717) is 25.0 Å². The second-order valence-corrected chi connectivity index (χ2v) is 6.61. The minimum absolute atomic E-state index is 0.129. The Labute approximate surface area is 156 Å². The van der Waals surface area contributed by atoms with Crippen LogP contribution in [0, 0.1) is 0 Å². The Bertz CT molecular complexity index is 869. The quantitative estimate of drug-likeness (QED) is 0.779. The molecule has 1 amide bonds. The zero-order valence-electron chi connectivity index (χ0n) is 14.6. The van der Waals surface area contributed by atoms with Gasteiger partial charge in [-0.2, -0.15) is 31.4 Å². The predicted octanol–water partition coefficient (Wildman–Crippen LogP) is 4.12. The van der Waals surface area contributed by atoms with E-state index in [1.54, 1.807) is 0 Å². The number of hydrogen-bond acceptors (Lipinski definition) is 2. The van der Waals surface area contributed by atoms with Gasteiger partial charge in [0.05, 0.1) is 5.56 Å². The van der Waals surface area contributed by atoms with Gasteiger partial charge in [-0.25, -0.2) is 0 Å². The standard InChI is InChI=1S/C18H17F6N3O/c19-17(20,21)12-5-3-4-11(8-12)9-25-15(28)10-27-14-7-2-1-6-13(14)16(26-27)18(22,23)24/h3-5,8H,1-2,6-7,9-10H2,(H,25,28). The molecule has 0 unspecified atom stereocenters. The van der Waals surface area contributed by atoms with Crippen LogP contribution in [0.25, 0.3) is 0 Å². The number of halogens is 6. The summed E-state index contributed by atoms with van der Waals surface area (Å²) in [6.45, 7) is -0.588. The molecule has 152 valence electrons. The highest BCUT2D eigenvalue weighted by atomic mass is 19.4. The number of nitrogens with one attached hydrogen (secondary N) is 1. The molecule has 1 aromatic heterocycles. The normalized spacial score (nSPS) is 14.6. The van der Waals surface area contributed by atoms with Crippen molar-refractivity contribution in [1.29, 1.82) is 0 Å². The number of amides is 1. The number of nitrogens with zero attached hydrogens (tertiary/aromatic N) is 2. The molecule has 1 aromatic carbocycles. The Morgan fingerprint density at radius 1 is 1.07 bits per heavy atom. The maximum Gasteiger partial charge on any atom is 0.435 e. The highest BCUT2D eigenvalue weighted by Gasteiger charge is 2.39. The highest BCUT2D eigenvalue weighted by Crippen LogP contribution is 2.35. The first-order valence-corrected chi connectivity index (χ1v) is 8.64. The third kappa shape index (κ3) is 4.48. The Kier molecular flexibility index (Phi) is 5.40. The summed E-state index contributed by atoms with van der Waals surface area (Å²) in [6, 6.07) is 4.48. The molecule has 0 aliphatic heterocycles. The molecule has 0 saturated heterocycles. The molecule has 0 bridgehead atoms. The Hall–Kier alpha value is -2.52. The molecule has 0 fully saturated rings. The number of benzene rings is 1. The number of aromatic nitrogens is 2. The van der Waals surface area contributed by atoms with Gasteiger partial charge in [-0.15, -0.1) is 0 Å². The number of fused-ring (bicyclic) bond motifs is 1. The first-order valence-electron chi connectivity index (χ1n) is 8.64. The summed E-state index contributed by atoms with van der Waals surface area (Å²) >= 11 is 0. The molecule has 4 nitrogen and oxygen atoms in total. The Balaban J connectivity index is 1.70. The van der Waals surface area contributed by atoms with Gasteiger partial charge in [-0.1, -0.05) is 12.1 Å². The molecule has 0 saturated carbocycles. The molecule has 0 spiro atoms. The molecule has 1 heterocycles. The van der Waals surface area contributed by atoms with E-state index in [-0.39, 0.29) is 24.1 Å². The number of alkyl halides is 6. The van der Waals surface area contributed by atoms with Gasteiger partial charge in [0, 0.05) is 17.8 Å². The Morgan fingerprint density at radius 2 is 1.79 bits per heavy atom. The number of carbonyl (C=O) groups excluding carboxylic acids is 1. The van der Waals surface area contributed by atoms with Gasteiger partial charge in [0.2, 0.25) is 5.91 Å². The first-order chi connectivity index (χ1) is 13.1. The van der Waals surface area contributed by atoms with E-state index in [2.05, 4.69) is 10.4 Å². The summed E-state index contributed by atoms with van der Waals surface area (Å²) in [5, 5.41) is 6.02. The molecule has 2 aromatic rings. The maximum atomic E-state index is 13.2. The van der Waals surface area contributed by atoms with E-state index >= 15 is 0 Å². The summed E-state index contributed by atoms with van der Waals surface area (Å²) in [7, 11) is 0. The van der Waals surface area contributed by atoms with Crippen LogP contribution in [0.4, 0.5) is 26.3 Å². The maximum absolute atomic E-state index is 13.2. The summed E-state index contributed by atoms with van der Waals surface area (Å²) < 4.78 is 78.7. The van der Waals surface area contributed by atoms with Crippen molar-refractivity contribution in [2.24, 2.45) is 0 Å². The second-order valence-electron chi connectivity index (χ2n) is 6.61. The summed E-state index contributed by atoms with van der Waals surface area (Å²) in [6.07, 6.45) is -7.09. The van der Waals surface area contributed by atoms with Gasteiger partial charge in [0.1, 0.15) is 6.54 Å². The van der Waals surface area contributed by atoms with Crippen molar-refractivity contribution in [3.8, 4) is 0 Å². The molecule has 1 N–H and O–H groups in total. The van der Waals surface area contributed by atoms with E-state index in [9.17, 15) is 31.1 Å². The Morgan fingerprint density at radius 3 is 2.46 bits per heavy atom. The number of rotatable bonds is 4. The van der Waals surface area contributed by atoms with Gasteiger partial charge in [-0.05, 0) is 43.4 Å². The SMILES string of the molecule is O=C(Cn1nc(C(F)(F)F)c2c1CCCC2)NCc1cccc(C(F)(F)F)c1. The van der Waals surface area contributed by atoms with Crippen LogP contribution >= 0.6 is 0 Å².